The Bertz CT molecular complexity index is 1710. The summed E-state index contributed by atoms with van der Waals surface area (Å²) >= 11 is 0. The lowest BCUT2D eigenvalue weighted by atomic mass is 9.77. The van der Waals surface area contributed by atoms with Crippen LogP contribution in [0, 0.1) is 17.5 Å². The normalized spacial score (nSPS) is 12.8. The van der Waals surface area contributed by atoms with Gasteiger partial charge in [0, 0.05) is 23.6 Å². The maximum Gasteiger partial charge on any atom is 0.461 e. The summed E-state index contributed by atoms with van der Waals surface area (Å²) in [4.78, 5) is 26.1. The lowest BCUT2D eigenvalue weighted by Crippen LogP contribution is -2.49. The summed E-state index contributed by atoms with van der Waals surface area (Å²) in [5, 5.41) is 2.62. The summed E-state index contributed by atoms with van der Waals surface area (Å²) in [7, 11) is 0. The van der Waals surface area contributed by atoms with E-state index in [0.29, 0.717) is 11.6 Å². The van der Waals surface area contributed by atoms with Crippen LogP contribution < -0.4 is 21.3 Å². The van der Waals surface area contributed by atoms with Crippen molar-refractivity contribution in [2.24, 2.45) is 5.84 Å². The summed E-state index contributed by atoms with van der Waals surface area (Å²) in [6, 6.07) is 15.5. The number of nitrogens with one attached hydrogen (secondary N) is 2. The van der Waals surface area contributed by atoms with Crippen molar-refractivity contribution >= 4 is 11.8 Å². The predicted molar refractivity (Wildman–Crippen MR) is 146 cm³/mol. The van der Waals surface area contributed by atoms with Gasteiger partial charge in [-0.05, 0) is 59.2 Å². The highest BCUT2D eigenvalue weighted by atomic mass is 19.3. The summed E-state index contributed by atoms with van der Waals surface area (Å²) in [5.74, 6) is -1.29. The van der Waals surface area contributed by atoms with E-state index in [1.165, 1.54) is 0 Å². The third kappa shape index (κ3) is 7.23. The Balaban J connectivity index is 2.03. The maximum atomic E-state index is 15.1. The average molecular weight is 638 g/mol. The van der Waals surface area contributed by atoms with E-state index in [-0.39, 0.29) is 23.1 Å². The molecule has 236 valence electrons. The topological polar surface area (TPSA) is 93.5 Å². The van der Waals surface area contributed by atoms with Crippen molar-refractivity contribution in [1.29, 1.82) is 0 Å². The van der Waals surface area contributed by atoms with Gasteiger partial charge in [0.25, 0.3) is 11.8 Å². The van der Waals surface area contributed by atoms with Crippen LogP contribution in [0.25, 0.3) is 0 Å². The number of hydrogen-bond acceptors (Lipinski definition) is 4. The summed E-state index contributed by atoms with van der Waals surface area (Å²) in [5.41, 5.74) is -1.85. The molecule has 0 heterocycles. The largest absolute Gasteiger partial charge is 0.461 e. The quantitative estimate of drug-likeness (QED) is 0.0776. The molecule has 45 heavy (non-hydrogen) atoms. The van der Waals surface area contributed by atoms with E-state index in [0.717, 1.165) is 48.5 Å². The van der Waals surface area contributed by atoms with Crippen LogP contribution in [0.5, 0.6) is 5.75 Å². The van der Waals surface area contributed by atoms with Crippen LogP contribution in [0.4, 0.5) is 35.1 Å². The van der Waals surface area contributed by atoms with Gasteiger partial charge in [-0.25, -0.2) is 23.4 Å². The van der Waals surface area contributed by atoms with E-state index < -0.39 is 70.9 Å². The van der Waals surface area contributed by atoms with Crippen molar-refractivity contribution in [3.63, 3.8) is 0 Å². The number of ether oxygens (including phenoxy) is 1. The van der Waals surface area contributed by atoms with Crippen molar-refractivity contribution in [2.75, 3.05) is 0 Å². The van der Waals surface area contributed by atoms with E-state index in [4.69, 9.17) is 5.84 Å². The summed E-state index contributed by atoms with van der Waals surface area (Å²) in [6.07, 6.45) is -9.69. The van der Waals surface area contributed by atoms with Crippen molar-refractivity contribution < 1.29 is 49.4 Å². The highest BCUT2D eigenvalue weighted by molar-refractivity contribution is 5.96. The van der Waals surface area contributed by atoms with Gasteiger partial charge in [-0.2, -0.15) is 17.6 Å². The first kappa shape index (κ1) is 32.9. The predicted octanol–water partition coefficient (Wildman–Crippen LogP) is 6.33. The molecule has 4 N–H and O–H groups in total. The number of nitrogen functional groups attached to an aromatic ring is 1. The number of hydrazine groups is 1. The minimum Gasteiger partial charge on any atom is -0.428 e. The van der Waals surface area contributed by atoms with Gasteiger partial charge in [-0.3, -0.25) is 15.0 Å². The third-order valence-electron chi connectivity index (χ3n) is 6.80. The van der Waals surface area contributed by atoms with Gasteiger partial charge < -0.3 is 10.1 Å². The standard InChI is InChI=1S/C31H23F8N3O3/c32-16-19-10-18(6-8-25(19)34)27(43)41-30(15-17-4-2-1-3-5-17,20-7-9-26(35)24(13-20)28(44)42-40)21-11-22(33)14-23(12-21)45-31(38,39)29(36)37/h1-14,29H,15-16,40H2,(H,41,43)(H,42,44)/t30-/m1/s1. The molecule has 0 aliphatic heterocycles. The lowest BCUT2D eigenvalue weighted by Gasteiger charge is -2.37. The number of benzene rings is 4. The molecular formula is C31H23F8N3O3. The van der Waals surface area contributed by atoms with E-state index in [1.807, 2.05) is 0 Å². The van der Waals surface area contributed by atoms with E-state index in [1.54, 1.807) is 35.8 Å². The number of nitrogens with two attached hydrogens (primary N) is 1. The SMILES string of the molecule is NNC(=O)c1cc([C@@](Cc2ccccc2)(NC(=O)c2ccc(F)c(CF)c2)c2cc(F)cc(OC(F)(F)C(F)F)c2)ccc1F. The smallest absolute Gasteiger partial charge is 0.428 e. The Morgan fingerprint density at radius 3 is 2.16 bits per heavy atom. The number of rotatable bonds is 11. The second-order valence-corrected chi connectivity index (χ2v) is 9.77. The fourth-order valence-corrected chi connectivity index (χ4v) is 4.66. The molecule has 4 aromatic rings. The molecule has 0 aromatic heterocycles. The van der Waals surface area contributed by atoms with Gasteiger partial charge >= 0.3 is 12.5 Å². The molecule has 0 saturated heterocycles. The molecule has 14 heteroatoms. The number of halogens is 8. The highest BCUT2D eigenvalue weighted by Gasteiger charge is 2.45. The molecule has 6 nitrogen and oxygen atoms in total. The number of carbonyl (C=O) groups is 2. The molecule has 0 aliphatic carbocycles. The van der Waals surface area contributed by atoms with Crippen LogP contribution in [0.15, 0.2) is 84.9 Å². The van der Waals surface area contributed by atoms with E-state index in [9.17, 15) is 40.3 Å². The maximum absolute atomic E-state index is 15.1. The van der Waals surface area contributed by atoms with Crippen molar-refractivity contribution in [3.05, 3.63) is 136 Å². The zero-order chi connectivity index (χ0) is 32.9. The minimum atomic E-state index is -5.05. The van der Waals surface area contributed by atoms with Gasteiger partial charge in [0.2, 0.25) is 0 Å². The Kier molecular flexibility index (Phi) is 9.76. The molecule has 1 atom stereocenters. The van der Waals surface area contributed by atoms with Crippen LogP contribution in [0.1, 0.15) is 43.0 Å². The number of hydrogen-bond donors (Lipinski definition) is 3. The minimum absolute atomic E-state index is 0.135. The highest BCUT2D eigenvalue weighted by Crippen LogP contribution is 2.39. The molecule has 4 aromatic carbocycles. The van der Waals surface area contributed by atoms with Crippen LogP contribution in [-0.4, -0.2) is 24.3 Å². The molecule has 0 bridgehead atoms. The molecule has 0 unspecified atom stereocenters. The van der Waals surface area contributed by atoms with Crippen molar-refractivity contribution in [2.45, 2.75) is 31.2 Å². The van der Waals surface area contributed by atoms with Crippen LogP contribution in [0.3, 0.4) is 0 Å². The zero-order valence-electron chi connectivity index (χ0n) is 22.9. The first-order chi connectivity index (χ1) is 21.3. The van der Waals surface area contributed by atoms with Gasteiger partial charge in [-0.1, -0.05) is 36.4 Å². The first-order valence-electron chi connectivity index (χ1n) is 13.0. The average Bonchev–Trinajstić information content (AvgIpc) is 3.00. The van der Waals surface area contributed by atoms with Crippen molar-refractivity contribution in [1.82, 2.24) is 10.7 Å². The Labute approximate surface area is 250 Å². The molecule has 0 fully saturated rings. The van der Waals surface area contributed by atoms with Crippen LogP contribution >= 0.6 is 0 Å². The Hall–Kier alpha value is -4.98. The molecule has 0 radical (unpaired) electrons. The van der Waals surface area contributed by atoms with E-state index >= 15 is 4.39 Å². The third-order valence-corrected chi connectivity index (χ3v) is 6.80. The molecule has 0 aliphatic rings. The van der Waals surface area contributed by atoms with E-state index in [2.05, 4.69) is 10.1 Å². The van der Waals surface area contributed by atoms with Gasteiger partial charge in [0.05, 0.1) is 11.1 Å². The van der Waals surface area contributed by atoms with Crippen LogP contribution in [0.2, 0.25) is 0 Å². The number of alkyl halides is 5. The van der Waals surface area contributed by atoms with Crippen molar-refractivity contribution in [3.8, 4) is 5.75 Å². The fraction of sp³-hybridized carbons (Fsp3) is 0.161. The number of amides is 2. The van der Waals surface area contributed by atoms with Gasteiger partial charge in [0.15, 0.2) is 0 Å². The second-order valence-electron chi connectivity index (χ2n) is 9.77. The van der Waals surface area contributed by atoms with Gasteiger partial charge in [-0.15, -0.1) is 0 Å². The second kappa shape index (κ2) is 13.3. The molecule has 0 saturated carbocycles. The fourth-order valence-electron chi connectivity index (χ4n) is 4.66. The zero-order valence-corrected chi connectivity index (χ0v) is 22.9. The van der Waals surface area contributed by atoms with Gasteiger partial charge in [0.1, 0.15) is 29.9 Å². The molecule has 0 spiro atoms. The lowest BCUT2D eigenvalue weighted by molar-refractivity contribution is -0.253. The Morgan fingerprint density at radius 2 is 1.51 bits per heavy atom. The monoisotopic (exact) mass is 637 g/mol. The molecule has 4 rings (SSSR count). The summed E-state index contributed by atoms with van der Waals surface area (Å²) in [6.45, 7) is -1.28. The molecular weight excluding hydrogens is 614 g/mol. The number of carbonyl (C=O) groups excluding carboxylic acids is 2. The first-order valence-corrected chi connectivity index (χ1v) is 13.0. The Morgan fingerprint density at radius 1 is 0.822 bits per heavy atom. The van der Waals surface area contributed by atoms with Crippen LogP contribution in [-0.2, 0) is 18.6 Å². The molecule has 2 amide bonds. The summed E-state index contributed by atoms with van der Waals surface area (Å²) < 4.78 is 115.